The Hall–Kier alpha value is -3.36. The lowest BCUT2D eigenvalue weighted by molar-refractivity contribution is -0.384. The first-order valence-corrected chi connectivity index (χ1v) is 7.39. The van der Waals surface area contributed by atoms with E-state index in [9.17, 15) is 20.0 Å². The molecule has 2 heterocycles. The molecule has 1 aromatic carbocycles. The summed E-state index contributed by atoms with van der Waals surface area (Å²) in [6.45, 7) is 3.34. The van der Waals surface area contributed by atoms with Gasteiger partial charge in [-0.3, -0.25) is 19.9 Å². The number of aromatic nitrogens is 2. The van der Waals surface area contributed by atoms with Gasteiger partial charge in [0.1, 0.15) is 5.92 Å². The topological polar surface area (TPSA) is 132 Å². The molecule has 3 rings (SSSR count). The summed E-state index contributed by atoms with van der Waals surface area (Å²) >= 11 is 0. The third kappa shape index (κ3) is 2.91. The van der Waals surface area contributed by atoms with Gasteiger partial charge in [-0.2, -0.15) is 0 Å². The zero-order valence-corrected chi connectivity index (χ0v) is 13.4. The lowest BCUT2D eigenvalue weighted by Crippen LogP contribution is -2.32. The molecule has 0 fully saturated rings. The van der Waals surface area contributed by atoms with Crippen LogP contribution in [0.3, 0.4) is 0 Å². The molecule has 9 heteroatoms. The van der Waals surface area contributed by atoms with Crippen molar-refractivity contribution in [1.82, 2.24) is 10.2 Å². The molecule has 2 unspecified atom stereocenters. The molecular weight excluding hydrogens is 328 g/mol. The molecule has 0 saturated carbocycles. The Labute approximate surface area is 141 Å². The summed E-state index contributed by atoms with van der Waals surface area (Å²) in [6.07, 6.45) is 1.14. The monoisotopic (exact) mass is 342 g/mol. The summed E-state index contributed by atoms with van der Waals surface area (Å²) in [6, 6.07) is 5.89. The molecule has 1 aromatic heterocycles. The van der Waals surface area contributed by atoms with E-state index in [1.54, 1.807) is 19.9 Å². The zero-order valence-electron chi connectivity index (χ0n) is 13.4. The van der Waals surface area contributed by atoms with Crippen LogP contribution in [-0.2, 0) is 4.79 Å². The standard InChI is InChI=1S/C16H14N4O5/c1-8-12(15-19-17-7-25-15)14(13(16(21)22)9(2)18-8)10-4-3-5-11(6-10)20(23)24/h3-7,13-14H,1-2H3,(H,21,22). The van der Waals surface area contributed by atoms with Crippen molar-refractivity contribution < 1.29 is 19.2 Å². The zero-order chi connectivity index (χ0) is 18.1. The van der Waals surface area contributed by atoms with Gasteiger partial charge in [-0.1, -0.05) is 12.1 Å². The number of aliphatic imine (C=N–C) groups is 1. The van der Waals surface area contributed by atoms with Crippen LogP contribution < -0.4 is 0 Å². The molecule has 2 aromatic rings. The summed E-state index contributed by atoms with van der Waals surface area (Å²) in [5, 5.41) is 28.3. The smallest absolute Gasteiger partial charge is 0.313 e. The number of hydrogen-bond acceptors (Lipinski definition) is 7. The number of nitro groups is 1. The Kier molecular flexibility index (Phi) is 4.14. The van der Waals surface area contributed by atoms with Crippen molar-refractivity contribution in [2.24, 2.45) is 10.9 Å². The minimum atomic E-state index is -1.08. The average molecular weight is 342 g/mol. The Morgan fingerprint density at radius 2 is 2.12 bits per heavy atom. The van der Waals surface area contributed by atoms with Crippen molar-refractivity contribution in [3.63, 3.8) is 0 Å². The predicted octanol–water partition coefficient (Wildman–Crippen LogP) is 2.67. The third-order valence-corrected chi connectivity index (χ3v) is 4.12. The van der Waals surface area contributed by atoms with Crippen molar-refractivity contribution in [3.05, 3.63) is 57.9 Å². The first kappa shape index (κ1) is 16.5. The van der Waals surface area contributed by atoms with Gasteiger partial charge in [0.15, 0.2) is 0 Å². The van der Waals surface area contributed by atoms with Crippen molar-refractivity contribution in [2.75, 3.05) is 0 Å². The molecule has 0 saturated heterocycles. The molecule has 1 aliphatic rings. The van der Waals surface area contributed by atoms with Gasteiger partial charge in [-0.15, -0.1) is 10.2 Å². The second kappa shape index (κ2) is 6.27. The fourth-order valence-corrected chi connectivity index (χ4v) is 3.12. The number of benzene rings is 1. The first-order valence-electron chi connectivity index (χ1n) is 7.39. The Morgan fingerprint density at radius 1 is 1.36 bits per heavy atom. The highest BCUT2D eigenvalue weighted by molar-refractivity contribution is 6.05. The SMILES string of the molecule is CC1=NC(C)=C(c2nnco2)C(c2cccc([N+](=O)[O-])c2)C1C(=O)O. The molecule has 128 valence electrons. The minimum Gasteiger partial charge on any atom is -0.481 e. The van der Waals surface area contributed by atoms with Gasteiger partial charge >= 0.3 is 5.97 Å². The minimum absolute atomic E-state index is 0.121. The number of non-ortho nitro benzene ring substituents is 1. The van der Waals surface area contributed by atoms with E-state index in [4.69, 9.17) is 4.42 Å². The maximum Gasteiger partial charge on any atom is 0.313 e. The van der Waals surface area contributed by atoms with Crippen LogP contribution in [0.4, 0.5) is 5.69 Å². The predicted molar refractivity (Wildman–Crippen MR) is 87.0 cm³/mol. The summed E-state index contributed by atoms with van der Waals surface area (Å²) in [4.78, 5) is 26.8. The molecule has 25 heavy (non-hydrogen) atoms. The van der Waals surface area contributed by atoms with Crippen molar-refractivity contribution in [2.45, 2.75) is 19.8 Å². The van der Waals surface area contributed by atoms with Crippen LogP contribution in [0, 0.1) is 16.0 Å². The van der Waals surface area contributed by atoms with E-state index in [1.165, 1.54) is 18.2 Å². The van der Waals surface area contributed by atoms with E-state index in [1.807, 2.05) is 0 Å². The maximum absolute atomic E-state index is 11.9. The number of nitro benzene ring substituents is 1. The fourth-order valence-electron chi connectivity index (χ4n) is 3.12. The molecule has 1 aliphatic heterocycles. The molecular formula is C16H14N4O5. The Morgan fingerprint density at radius 3 is 2.72 bits per heavy atom. The van der Waals surface area contributed by atoms with Gasteiger partial charge in [0, 0.05) is 35.0 Å². The number of aliphatic carboxylic acids is 1. The van der Waals surface area contributed by atoms with Crippen LogP contribution in [0.5, 0.6) is 0 Å². The second-order valence-electron chi connectivity index (χ2n) is 5.64. The fraction of sp³-hybridized carbons (Fsp3) is 0.250. The number of carbonyl (C=O) groups is 1. The maximum atomic E-state index is 11.9. The number of carboxylic acid groups (broad SMARTS) is 1. The van der Waals surface area contributed by atoms with Crippen LogP contribution in [-0.4, -0.2) is 31.9 Å². The summed E-state index contributed by atoms with van der Waals surface area (Å²) in [5.74, 6) is -2.65. The molecule has 9 nitrogen and oxygen atoms in total. The van der Waals surface area contributed by atoms with Gasteiger partial charge in [-0.05, 0) is 19.4 Å². The Balaban J connectivity index is 2.24. The highest BCUT2D eigenvalue weighted by Crippen LogP contribution is 2.44. The quantitative estimate of drug-likeness (QED) is 0.667. The summed E-state index contributed by atoms with van der Waals surface area (Å²) in [5.41, 5.74) is 1.75. The van der Waals surface area contributed by atoms with E-state index in [2.05, 4.69) is 15.2 Å². The van der Waals surface area contributed by atoms with Gasteiger partial charge < -0.3 is 9.52 Å². The van der Waals surface area contributed by atoms with E-state index >= 15 is 0 Å². The lowest BCUT2D eigenvalue weighted by Gasteiger charge is -2.29. The van der Waals surface area contributed by atoms with Gasteiger partial charge in [0.05, 0.1) is 4.92 Å². The number of carboxylic acids is 1. The molecule has 0 radical (unpaired) electrons. The van der Waals surface area contributed by atoms with E-state index in [0.29, 0.717) is 22.5 Å². The van der Waals surface area contributed by atoms with Gasteiger partial charge in [0.2, 0.25) is 12.3 Å². The summed E-state index contributed by atoms with van der Waals surface area (Å²) in [7, 11) is 0. The van der Waals surface area contributed by atoms with Crippen LogP contribution in [0.1, 0.15) is 31.2 Å². The van der Waals surface area contributed by atoms with Crippen LogP contribution in [0.2, 0.25) is 0 Å². The largest absolute Gasteiger partial charge is 0.481 e. The van der Waals surface area contributed by atoms with Gasteiger partial charge in [0.25, 0.3) is 5.69 Å². The first-order chi connectivity index (χ1) is 11.9. The Bertz CT molecular complexity index is 901. The van der Waals surface area contributed by atoms with Crippen molar-refractivity contribution >= 4 is 22.9 Å². The normalized spacial score (nSPS) is 20.3. The van der Waals surface area contributed by atoms with Crippen LogP contribution in [0.15, 0.2) is 45.8 Å². The van der Waals surface area contributed by atoms with Crippen LogP contribution in [0.25, 0.3) is 5.57 Å². The van der Waals surface area contributed by atoms with Gasteiger partial charge in [-0.25, -0.2) is 0 Å². The lowest BCUT2D eigenvalue weighted by atomic mass is 9.75. The van der Waals surface area contributed by atoms with Crippen molar-refractivity contribution in [3.8, 4) is 0 Å². The average Bonchev–Trinajstić information content (AvgIpc) is 3.07. The number of allylic oxidation sites excluding steroid dienone is 2. The van der Waals surface area contributed by atoms with Crippen LogP contribution >= 0.6 is 0 Å². The molecule has 2 atom stereocenters. The highest BCUT2D eigenvalue weighted by Gasteiger charge is 2.41. The number of nitrogens with zero attached hydrogens (tertiary/aromatic N) is 4. The number of hydrogen-bond donors (Lipinski definition) is 1. The second-order valence-corrected chi connectivity index (χ2v) is 5.64. The summed E-state index contributed by atoms with van der Waals surface area (Å²) < 4.78 is 5.26. The van der Waals surface area contributed by atoms with E-state index in [0.717, 1.165) is 6.39 Å². The number of rotatable bonds is 4. The molecule has 0 spiro atoms. The van der Waals surface area contributed by atoms with Crippen molar-refractivity contribution in [1.29, 1.82) is 0 Å². The molecule has 0 aliphatic carbocycles. The third-order valence-electron chi connectivity index (χ3n) is 4.12. The van der Waals surface area contributed by atoms with E-state index < -0.39 is 22.7 Å². The molecule has 1 N–H and O–H groups in total. The van der Waals surface area contributed by atoms with E-state index in [-0.39, 0.29) is 11.6 Å². The molecule has 0 amide bonds. The molecule has 0 bridgehead atoms. The highest BCUT2D eigenvalue weighted by atomic mass is 16.6.